The molecular weight excluding hydrogens is 350 g/mol. The first kappa shape index (κ1) is 18.1. The molecule has 0 unspecified atom stereocenters. The third-order valence-electron chi connectivity index (χ3n) is 4.09. The maximum absolute atomic E-state index is 12.5. The van der Waals surface area contributed by atoms with E-state index >= 15 is 0 Å². The largest absolute Gasteiger partial charge is 0.448 e. The van der Waals surface area contributed by atoms with E-state index in [2.05, 4.69) is 10.4 Å². The van der Waals surface area contributed by atoms with Gasteiger partial charge in [-0.15, -0.1) is 11.3 Å². The second-order valence-electron chi connectivity index (χ2n) is 6.34. The first-order valence-corrected chi connectivity index (χ1v) is 9.23. The summed E-state index contributed by atoms with van der Waals surface area (Å²) in [5.74, 6) is -0.297. The predicted molar refractivity (Wildman–Crippen MR) is 103 cm³/mol. The van der Waals surface area contributed by atoms with Gasteiger partial charge in [0.05, 0.1) is 6.20 Å². The molecule has 2 heterocycles. The van der Waals surface area contributed by atoms with Gasteiger partial charge in [0, 0.05) is 16.8 Å². The normalized spacial score (nSPS) is 12.3. The summed E-state index contributed by atoms with van der Waals surface area (Å²) in [5, 5.41) is 7.96. The first-order chi connectivity index (χ1) is 12.4. The molecule has 0 fully saturated rings. The number of fused-ring (bicyclic) bond motifs is 1. The summed E-state index contributed by atoms with van der Waals surface area (Å²) in [7, 11) is 0. The number of rotatable bonds is 5. The highest BCUT2D eigenvalue weighted by molar-refractivity contribution is 7.21. The standard InChI is InChI=1S/C19H21N3O3S/c1-11(2)22-16(9-10-20-22)21-18(23)13(4)25-19(24)17-12(3)14-7-5-6-8-15(14)26-17/h5-11,13H,1-4H3,(H,21,23)/t13-/m0/s1. The van der Waals surface area contributed by atoms with Crippen molar-refractivity contribution >= 4 is 39.1 Å². The minimum atomic E-state index is -0.914. The first-order valence-electron chi connectivity index (χ1n) is 8.42. The van der Waals surface area contributed by atoms with Crippen LogP contribution in [0.15, 0.2) is 36.5 Å². The van der Waals surface area contributed by atoms with Crippen LogP contribution in [0.2, 0.25) is 0 Å². The molecule has 0 aliphatic carbocycles. The number of hydrogen-bond acceptors (Lipinski definition) is 5. The molecule has 1 amide bonds. The van der Waals surface area contributed by atoms with Crippen LogP contribution in [0.25, 0.3) is 10.1 Å². The Balaban J connectivity index is 1.71. The summed E-state index contributed by atoms with van der Waals surface area (Å²) in [5.41, 5.74) is 0.876. The van der Waals surface area contributed by atoms with Crippen molar-refractivity contribution in [3.63, 3.8) is 0 Å². The van der Waals surface area contributed by atoms with Crippen molar-refractivity contribution in [1.82, 2.24) is 9.78 Å². The Kier molecular flexibility index (Phi) is 5.08. The van der Waals surface area contributed by atoms with Crippen LogP contribution in [0, 0.1) is 6.92 Å². The molecule has 2 aromatic heterocycles. The Hall–Kier alpha value is -2.67. The number of carbonyl (C=O) groups is 2. The highest BCUT2D eigenvalue weighted by Gasteiger charge is 2.23. The Bertz CT molecular complexity index is 958. The third kappa shape index (κ3) is 3.48. The maximum Gasteiger partial charge on any atom is 0.349 e. The van der Waals surface area contributed by atoms with E-state index in [0.29, 0.717) is 10.7 Å². The van der Waals surface area contributed by atoms with E-state index in [-0.39, 0.29) is 11.9 Å². The smallest absolute Gasteiger partial charge is 0.349 e. The summed E-state index contributed by atoms with van der Waals surface area (Å²) >= 11 is 1.38. The Labute approximate surface area is 155 Å². The number of thiophene rings is 1. The van der Waals surface area contributed by atoms with Crippen molar-refractivity contribution in [2.24, 2.45) is 0 Å². The molecule has 0 spiro atoms. The molecule has 1 atom stereocenters. The fourth-order valence-corrected chi connectivity index (χ4v) is 3.78. The maximum atomic E-state index is 12.5. The Morgan fingerprint density at radius 1 is 1.19 bits per heavy atom. The van der Waals surface area contributed by atoms with Crippen molar-refractivity contribution in [3.05, 3.63) is 47.0 Å². The molecule has 26 heavy (non-hydrogen) atoms. The van der Waals surface area contributed by atoms with Crippen molar-refractivity contribution in [2.75, 3.05) is 5.32 Å². The summed E-state index contributed by atoms with van der Waals surface area (Å²) in [6.07, 6.45) is 0.704. The summed E-state index contributed by atoms with van der Waals surface area (Å²) in [6.45, 7) is 7.39. The van der Waals surface area contributed by atoms with E-state index in [0.717, 1.165) is 15.6 Å². The minimum absolute atomic E-state index is 0.111. The average Bonchev–Trinajstić information content (AvgIpc) is 3.20. The fourth-order valence-electron chi connectivity index (χ4n) is 2.69. The number of aromatic nitrogens is 2. The topological polar surface area (TPSA) is 73.2 Å². The molecule has 1 N–H and O–H groups in total. The number of hydrogen-bond donors (Lipinski definition) is 1. The van der Waals surface area contributed by atoms with Gasteiger partial charge < -0.3 is 10.1 Å². The fraction of sp³-hybridized carbons (Fsp3) is 0.316. The zero-order chi connectivity index (χ0) is 18.8. The SMILES string of the molecule is Cc1c(C(=O)O[C@@H](C)C(=O)Nc2ccnn2C(C)C)sc2ccccc12. The number of anilines is 1. The lowest BCUT2D eigenvalue weighted by Gasteiger charge is -2.15. The number of nitrogens with zero attached hydrogens (tertiary/aromatic N) is 2. The Morgan fingerprint density at radius 3 is 2.62 bits per heavy atom. The van der Waals surface area contributed by atoms with Gasteiger partial charge in [0.2, 0.25) is 0 Å². The summed E-state index contributed by atoms with van der Waals surface area (Å²) < 4.78 is 8.11. The van der Waals surface area contributed by atoms with Crippen LogP contribution in [-0.4, -0.2) is 27.8 Å². The zero-order valence-corrected chi connectivity index (χ0v) is 16.0. The number of benzene rings is 1. The number of aryl methyl sites for hydroxylation is 1. The molecule has 0 saturated heterocycles. The van der Waals surface area contributed by atoms with Crippen molar-refractivity contribution < 1.29 is 14.3 Å². The third-order valence-corrected chi connectivity index (χ3v) is 5.35. The van der Waals surface area contributed by atoms with Gasteiger partial charge in [0.1, 0.15) is 10.7 Å². The van der Waals surface area contributed by atoms with E-state index < -0.39 is 12.1 Å². The zero-order valence-electron chi connectivity index (χ0n) is 15.1. The highest BCUT2D eigenvalue weighted by atomic mass is 32.1. The van der Waals surface area contributed by atoms with Crippen LogP contribution >= 0.6 is 11.3 Å². The van der Waals surface area contributed by atoms with Gasteiger partial charge in [0.15, 0.2) is 6.10 Å². The van der Waals surface area contributed by atoms with Crippen molar-refractivity contribution in [3.8, 4) is 0 Å². The predicted octanol–water partition coefficient (Wildman–Crippen LogP) is 4.17. The molecule has 0 bridgehead atoms. The van der Waals surface area contributed by atoms with Gasteiger partial charge in [-0.1, -0.05) is 18.2 Å². The van der Waals surface area contributed by atoms with Crippen LogP contribution in [0.4, 0.5) is 5.82 Å². The molecule has 0 aliphatic rings. The van der Waals surface area contributed by atoms with Gasteiger partial charge in [0.25, 0.3) is 5.91 Å². The second-order valence-corrected chi connectivity index (χ2v) is 7.40. The quantitative estimate of drug-likeness (QED) is 0.683. The van der Waals surface area contributed by atoms with E-state index in [1.54, 1.807) is 23.9 Å². The van der Waals surface area contributed by atoms with Gasteiger partial charge in [-0.25, -0.2) is 9.48 Å². The lowest BCUT2D eigenvalue weighted by atomic mass is 10.1. The number of nitrogens with one attached hydrogen (secondary N) is 1. The van der Waals surface area contributed by atoms with E-state index in [9.17, 15) is 9.59 Å². The number of esters is 1. The molecule has 0 saturated carbocycles. The number of ether oxygens (including phenoxy) is 1. The van der Waals surface area contributed by atoms with Gasteiger partial charge in [-0.3, -0.25) is 4.79 Å². The lowest BCUT2D eigenvalue weighted by molar-refractivity contribution is -0.123. The molecular formula is C19H21N3O3S. The molecule has 3 aromatic rings. The second kappa shape index (κ2) is 7.29. The average molecular weight is 371 g/mol. The molecule has 6 nitrogen and oxygen atoms in total. The molecule has 0 radical (unpaired) electrons. The van der Waals surface area contributed by atoms with Crippen LogP contribution in [0.3, 0.4) is 0 Å². The number of amides is 1. The van der Waals surface area contributed by atoms with Crippen LogP contribution in [-0.2, 0) is 9.53 Å². The van der Waals surface area contributed by atoms with E-state index in [4.69, 9.17) is 4.74 Å². The van der Waals surface area contributed by atoms with E-state index in [1.165, 1.54) is 11.3 Å². The lowest BCUT2D eigenvalue weighted by Crippen LogP contribution is -2.31. The summed E-state index contributed by atoms with van der Waals surface area (Å²) in [6, 6.07) is 9.63. The van der Waals surface area contributed by atoms with Gasteiger partial charge in [-0.2, -0.15) is 5.10 Å². The van der Waals surface area contributed by atoms with Crippen LogP contribution in [0.5, 0.6) is 0 Å². The molecule has 0 aliphatic heterocycles. The molecule has 136 valence electrons. The van der Waals surface area contributed by atoms with Crippen LogP contribution in [0.1, 0.15) is 42.0 Å². The molecule has 7 heteroatoms. The van der Waals surface area contributed by atoms with Crippen LogP contribution < -0.4 is 5.32 Å². The molecule has 1 aromatic carbocycles. The van der Waals surface area contributed by atoms with Crippen molar-refractivity contribution in [1.29, 1.82) is 0 Å². The van der Waals surface area contributed by atoms with Crippen molar-refractivity contribution in [2.45, 2.75) is 39.8 Å². The number of carbonyl (C=O) groups excluding carboxylic acids is 2. The summed E-state index contributed by atoms with van der Waals surface area (Å²) in [4.78, 5) is 25.4. The van der Waals surface area contributed by atoms with Gasteiger partial charge in [-0.05, 0) is 44.7 Å². The minimum Gasteiger partial charge on any atom is -0.448 e. The van der Waals surface area contributed by atoms with E-state index in [1.807, 2.05) is 45.0 Å². The monoisotopic (exact) mass is 371 g/mol. The van der Waals surface area contributed by atoms with Gasteiger partial charge >= 0.3 is 5.97 Å². The Morgan fingerprint density at radius 2 is 1.92 bits per heavy atom. The highest BCUT2D eigenvalue weighted by Crippen LogP contribution is 2.31. The molecule has 3 rings (SSSR count).